The summed E-state index contributed by atoms with van der Waals surface area (Å²) in [5, 5.41) is 0.295. The molecule has 2 rings (SSSR count). The molecule has 0 saturated carbocycles. The molecule has 0 radical (unpaired) electrons. The summed E-state index contributed by atoms with van der Waals surface area (Å²) in [7, 11) is 1.09. The third-order valence-corrected chi connectivity index (χ3v) is 2.29. The van der Waals surface area contributed by atoms with Gasteiger partial charge < -0.3 is 14.6 Å². The van der Waals surface area contributed by atoms with Gasteiger partial charge in [-0.1, -0.05) is 0 Å². The van der Waals surface area contributed by atoms with Crippen LogP contribution in [0, 0.1) is 11.6 Å². The largest absolute Gasteiger partial charge is 0.451 e. The summed E-state index contributed by atoms with van der Waals surface area (Å²) in [6.45, 7) is 0. The highest BCUT2D eigenvalue weighted by atomic mass is 19.2. The van der Waals surface area contributed by atoms with Gasteiger partial charge in [-0.3, -0.25) is 0 Å². The number of hydrogen-bond donors (Lipinski definition) is 2. The maximum atomic E-state index is 13.0. The van der Waals surface area contributed by atoms with Gasteiger partial charge in [0.2, 0.25) is 0 Å². The Morgan fingerprint density at radius 3 is 2.58 bits per heavy atom. The van der Waals surface area contributed by atoms with Crippen molar-refractivity contribution in [2.45, 2.75) is 0 Å². The lowest BCUT2D eigenvalue weighted by Crippen LogP contribution is -2.26. The van der Waals surface area contributed by atoms with Crippen molar-refractivity contribution in [1.82, 2.24) is 10.5 Å². The van der Waals surface area contributed by atoms with Crippen molar-refractivity contribution in [3.05, 3.63) is 35.5 Å². The fraction of sp³-hybridized carbons (Fsp3) is 0.0909. The zero-order valence-corrected chi connectivity index (χ0v) is 9.62. The van der Waals surface area contributed by atoms with E-state index < -0.39 is 23.7 Å². The number of halogens is 2. The number of ether oxygens (including phenoxy) is 1. The van der Waals surface area contributed by atoms with Crippen molar-refractivity contribution in [3.8, 4) is 0 Å². The van der Waals surface area contributed by atoms with E-state index in [0.29, 0.717) is 5.39 Å². The van der Waals surface area contributed by atoms with E-state index in [1.54, 1.807) is 5.48 Å². The summed E-state index contributed by atoms with van der Waals surface area (Å²) in [5.74, 6) is -3.00. The second kappa shape index (κ2) is 4.92. The van der Waals surface area contributed by atoms with Crippen LogP contribution in [-0.4, -0.2) is 24.2 Å². The number of H-pyrrole nitrogens is 1. The van der Waals surface area contributed by atoms with E-state index in [0.717, 1.165) is 19.2 Å². The van der Waals surface area contributed by atoms with Crippen molar-refractivity contribution >= 4 is 23.0 Å². The number of nitrogens with one attached hydrogen (secondary N) is 2. The Morgan fingerprint density at radius 1 is 1.21 bits per heavy atom. The Morgan fingerprint density at radius 2 is 1.89 bits per heavy atom. The van der Waals surface area contributed by atoms with E-state index in [-0.39, 0.29) is 11.2 Å². The zero-order valence-electron chi connectivity index (χ0n) is 9.62. The molecule has 2 N–H and O–H groups in total. The van der Waals surface area contributed by atoms with Crippen LogP contribution in [0.5, 0.6) is 0 Å². The number of amides is 1. The van der Waals surface area contributed by atoms with Gasteiger partial charge in [0, 0.05) is 17.0 Å². The van der Waals surface area contributed by atoms with Crippen LogP contribution in [0.4, 0.5) is 13.6 Å². The Labute approximate surface area is 105 Å². The fourth-order valence-electron chi connectivity index (χ4n) is 1.42. The highest BCUT2D eigenvalue weighted by molar-refractivity contribution is 5.95. The van der Waals surface area contributed by atoms with Crippen molar-refractivity contribution in [2.24, 2.45) is 0 Å². The van der Waals surface area contributed by atoms with Crippen LogP contribution < -0.4 is 5.48 Å². The van der Waals surface area contributed by atoms with Gasteiger partial charge in [0.05, 0.1) is 7.11 Å². The molecule has 100 valence electrons. The molecule has 0 aliphatic rings. The molecule has 0 bridgehead atoms. The van der Waals surface area contributed by atoms with E-state index >= 15 is 0 Å². The van der Waals surface area contributed by atoms with Crippen LogP contribution in [0.1, 0.15) is 10.5 Å². The second-order valence-corrected chi connectivity index (χ2v) is 3.52. The zero-order chi connectivity index (χ0) is 14.0. The molecule has 1 heterocycles. The first kappa shape index (κ1) is 12.8. The van der Waals surface area contributed by atoms with Gasteiger partial charge in [-0.15, -0.1) is 5.48 Å². The summed E-state index contributed by atoms with van der Waals surface area (Å²) in [4.78, 5) is 29.1. The monoisotopic (exact) mass is 270 g/mol. The highest BCUT2D eigenvalue weighted by Crippen LogP contribution is 2.19. The number of methoxy groups -OCH3 is 1. The Bertz CT molecular complexity index is 614. The van der Waals surface area contributed by atoms with Crippen LogP contribution in [0.15, 0.2) is 18.2 Å². The Hall–Kier alpha value is -2.64. The number of fused-ring (bicyclic) bond motifs is 1. The number of carbonyl (C=O) groups is 2. The van der Waals surface area contributed by atoms with Gasteiger partial charge in [-0.25, -0.2) is 18.4 Å². The molecule has 0 unspecified atom stereocenters. The standard InChI is InChI=1S/C11H8F2N2O4/c1-18-11(17)15-19-10(16)9-3-5-2-6(12)7(13)4-8(5)14-9/h2-4,14H,1H3,(H,15,17). The number of aromatic amines is 1. The number of aromatic nitrogens is 1. The molecule has 0 aliphatic heterocycles. The van der Waals surface area contributed by atoms with Crippen LogP contribution in [0.3, 0.4) is 0 Å². The first-order chi connectivity index (χ1) is 9.01. The molecule has 1 amide bonds. The first-order valence-corrected chi connectivity index (χ1v) is 5.04. The molecule has 19 heavy (non-hydrogen) atoms. The van der Waals surface area contributed by atoms with Gasteiger partial charge >= 0.3 is 12.1 Å². The second-order valence-electron chi connectivity index (χ2n) is 3.52. The van der Waals surface area contributed by atoms with Crippen LogP contribution in [-0.2, 0) is 9.57 Å². The van der Waals surface area contributed by atoms with Crippen molar-refractivity contribution in [1.29, 1.82) is 0 Å². The number of benzene rings is 1. The lowest BCUT2D eigenvalue weighted by molar-refractivity contribution is 0.0233. The lowest BCUT2D eigenvalue weighted by Gasteiger charge is -2.01. The summed E-state index contributed by atoms with van der Waals surface area (Å²) in [5.41, 5.74) is 1.87. The third kappa shape index (κ3) is 2.62. The van der Waals surface area contributed by atoms with Gasteiger partial charge in [-0.2, -0.15) is 0 Å². The Kier molecular flexibility index (Phi) is 3.32. The van der Waals surface area contributed by atoms with E-state index in [1.807, 2.05) is 0 Å². The predicted octanol–water partition coefficient (Wildman–Crippen LogP) is 1.87. The van der Waals surface area contributed by atoms with E-state index in [9.17, 15) is 18.4 Å². The predicted molar refractivity (Wildman–Crippen MR) is 59.2 cm³/mol. The smallest absolute Gasteiger partial charge is 0.440 e. The van der Waals surface area contributed by atoms with Crippen LogP contribution >= 0.6 is 0 Å². The van der Waals surface area contributed by atoms with Crippen LogP contribution in [0.2, 0.25) is 0 Å². The molecular formula is C11H8F2N2O4. The van der Waals surface area contributed by atoms with E-state index in [2.05, 4.69) is 14.6 Å². The molecule has 0 atom stereocenters. The molecule has 2 aromatic rings. The fourth-order valence-corrected chi connectivity index (χ4v) is 1.42. The van der Waals surface area contributed by atoms with E-state index in [4.69, 9.17) is 0 Å². The molecule has 0 saturated heterocycles. The quantitative estimate of drug-likeness (QED) is 0.775. The van der Waals surface area contributed by atoms with Crippen LogP contribution in [0.25, 0.3) is 10.9 Å². The number of hydrogen-bond acceptors (Lipinski definition) is 4. The van der Waals surface area contributed by atoms with Gasteiger partial charge in [-0.05, 0) is 12.1 Å². The molecular weight excluding hydrogens is 262 g/mol. The number of rotatable bonds is 1. The normalized spacial score (nSPS) is 10.3. The third-order valence-electron chi connectivity index (χ3n) is 2.29. The minimum Gasteiger partial charge on any atom is -0.451 e. The lowest BCUT2D eigenvalue weighted by atomic mass is 10.2. The molecule has 1 aromatic heterocycles. The van der Waals surface area contributed by atoms with Crippen molar-refractivity contribution in [2.75, 3.05) is 7.11 Å². The molecule has 0 spiro atoms. The maximum absolute atomic E-state index is 13.0. The first-order valence-electron chi connectivity index (χ1n) is 5.04. The highest BCUT2D eigenvalue weighted by Gasteiger charge is 2.14. The van der Waals surface area contributed by atoms with Crippen molar-refractivity contribution < 1.29 is 27.9 Å². The molecule has 1 aromatic carbocycles. The van der Waals surface area contributed by atoms with Gasteiger partial charge in [0.25, 0.3) is 0 Å². The minimum absolute atomic E-state index is 0.0728. The molecule has 0 fully saturated rings. The topological polar surface area (TPSA) is 80.4 Å². The summed E-state index contributed by atoms with van der Waals surface area (Å²) >= 11 is 0. The minimum atomic E-state index is -1.04. The van der Waals surface area contributed by atoms with Gasteiger partial charge in [0.15, 0.2) is 11.6 Å². The molecule has 6 nitrogen and oxygen atoms in total. The average Bonchev–Trinajstić information content (AvgIpc) is 2.79. The summed E-state index contributed by atoms with van der Waals surface area (Å²) in [6, 6.07) is 3.11. The molecule has 0 aliphatic carbocycles. The number of carbonyl (C=O) groups excluding carboxylic acids is 2. The SMILES string of the molecule is COC(=O)NOC(=O)c1cc2cc(F)c(F)cc2[nH]1. The average molecular weight is 270 g/mol. The molecule has 8 heteroatoms. The van der Waals surface area contributed by atoms with Crippen molar-refractivity contribution in [3.63, 3.8) is 0 Å². The Balaban J connectivity index is 2.21. The van der Waals surface area contributed by atoms with Gasteiger partial charge in [0.1, 0.15) is 5.69 Å². The number of hydroxylamine groups is 1. The van der Waals surface area contributed by atoms with E-state index in [1.165, 1.54) is 6.07 Å². The summed E-state index contributed by atoms with van der Waals surface area (Å²) in [6.07, 6.45) is -0.957. The maximum Gasteiger partial charge on any atom is 0.440 e. The summed E-state index contributed by atoms with van der Waals surface area (Å²) < 4.78 is 30.1.